The normalized spacial score (nSPS) is 14.2. The fourth-order valence-corrected chi connectivity index (χ4v) is 3.73. The van der Waals surface area contributed by atoms with Crippen LogP contribution >= 0.6 is 12.4 Å². The van der Waals surface area contributed by atoms with Crippen molar-refractivity contribution in [2.45, 2.75) is 25.4 Å². The minimum absolute atomic E-state index is 0. The van der Waals surface area contributed by atoms with Gasteiger partial charge in [-0.1, -0.05) is 36.4 Å². The van der Waals surface area contributed by atoms with E-state index in [1.165, 1.54) is 0 Å². The Bertz CT molecular complexity index is 958. The molecule has 0 bridgehead atoms. The molecule has 1 amide bonds. The van der Waals surface area contributed by atoms with Crippen LogP contribution in [0.25, 0.3) is 10.9 Å². The highest BCUT2D eigenvalue weighted by atomic mass is 35.5. The van der Waals surface area contributed by atoms with E-state index in [2.05, 4.69) is 21.7 Å². The lowest BCUT2D eigenvalue weighted by atomic mass is 10.0. The Balaban J connectivity index is 0.00000240. The van der Waals surface area contributed by atoms with E-state index in [4.69, 9.17) is 0 Å². The second-order valence-electron chi connectivity index (χ2n) is 7.41. The number of nitrogens with one attached hydrogen (secondary N) is 2. The Kier molecular flexibility index (Phi) is 7.07. The Morgan fingerprint density at radius 3 is 2.66 bits per heavy atom. The SMILES string of the molecule is CN(Cc1ccccc1)C(=O)c1cnc2cccc(NC3CCNCC3)c2c1.Cl. The van der Waals surface area contributed by atoms with Gasteiger partial charge in [0.05, 0.1) is 11.1 Å². The molecular weight excluding hydrogens is 384 g/mol. The third-order valence-corrected chi connectivity index (χ3v) is 5.28. The van der Waals surface area contributed by atoms with Crippen molar-refractivity contribution in [3.8, 4) is 0 Å². The van der Waals surface area contributed by atoms with Gasteiger partial charge in [0.2, 0.25) is 0 Å². The van der Waals surface area contributed by atoms with E-state index in [0.29, 0.717) is 18.2 Å². The van der Waals surface area contributed by atoms with Crippen LogP contribution in [-0.2, 0) is 6.54 Å². The summed E-state index contributed by atoms with van der Waals surface area (Å²) >= 11 is 0. The molecule has 2 heterocycles. The van der Waals surface area contributed by atoms with Crippen LogP contribution in [0, 0.1) is 0 Å². The molecule has 1 fully saturated rings. The third-order valence-electron chi connectivity index (χ3n) is 5.28. The molecule has 0 spiro atoms. The van der Waals surface area contributed by atoms with Crippen LogP contribution < -0.4 is 10.6 Å². The number of carbonyl (C=O) groups excluding carboxylic acids is 1. The molecule has 5 nitrogen and oxygen atoms in total. The first-order chi connectivity index (χ1) is 13.7. The van der Waals surface area contributed by atoms with Crippen LogP contribution in [0.15, 0.2) is 60.8 Å². The quantitative estimate of drug-likeness (QED) is 0.665. The first-order valence-electron chi connectivity index (χ1n) is 9.86. The van der Waals surface area contributed by atoms with E-state index in [1.807, 2.05) is 55.6 Å². The van der Waals surface area contributed by atoms with Crippen LogP contribution in [0.3, 0.4) is 0 Å². The van der Waals surface area contributed by atoms with Gasteiger partial charge in [-0.25, -0.2) is 0 Å². The van der Waals surface area contributed by atoms with E-state index in [0.717, 1.165) is 48.1 Å². The van der Waals surface area contributed by atoms with Gasteiger partial charge in [0.25, 0.3) is 5.91 Å². The van der Waals surface area contributed by atoms with Crippen LogP contribution in [0.1, 0.15) is 28.8 Å². The van der Waals surface area contributed by atoms with E-state index in [1.54, 1.807) is 11.1 Å². The zero-order valence-corrected chi connectivity index (χ0v) is 17.4. The maximum atomic E-state index is 13.0. The zero-order chi connectivity index (χ0) is 19.3. The largest absolute Gasteiger partial charge is 0.382 e. The number of halogens is 1. The van der Waals surface area contributed by atoms with Gasteiger partial charge < -0.3 is 15.5 Å². The van der Waals surface area contributed by atoms with Crippen molar-refractivity contribution in [2.75, 3.05) is 25.5 Å². The fraction of sp³-hybridized carbons (Fsp3) is 0.304. The summed E-state index contributed by atoms with van der Waals surface area (Å²) in [6.07, 6.45) is 3.88. The van der Waals surface area contributed by atoms with Crippen molar-refractivity contribution in [3.63, 3.8) is 0 Å². The second kappa shape index (κ2) is 9.72. The molecule has 152 valence electrons. The lowest BCUT2D eigenvalue weighted by Gasteiger charge is -2.25. The molecular formula is C23H27ClN4O. The molecule has 29 heavy (non-hydrogen) atoms. The highest BCUT2D eigenvalue weighted by molar-refractivity contribution is 6.00. The van der Waals surface area contributed by atoms with Crippen molar-refractivity contribution in [1.29, 1.82) is 0 Å². The Labute approximate surface area is 177 Å². The van der Waals surface area contributed by atoms with Crippen molar-refractivity contribution in [1.82, 2.24) is 15.2 Å². The summed E-state index contributed by atoms with van der Waals surface area (Å²) < 4.78 is 0. The number of anilines is 1. The average molecular weight is 411 g/mol. The Morgan fingerprint density at radius 1 is 1.14 bits per heavy atom. The standard InChI is InChI=1S/C23H26N4O.ClH/c1-27(16-17-6-3-2-4-7-17)23(28)18-14-20-21(25-15-18)8-5-9-22(20)26-19-10-12-24-13-11-19;/h2-9,14-15,19,24,26H,10-13,16H2,1H3;1H. The number of piperidine rings is 1. The first kappa shape index (κ1) is 21.1. The molecule has 1 saturated heterocycles. The van der Waals surface area contributed by atoms with Crippen molar-refractivity contribution in [2.24, 2.45) is 0 Å². The number of nitrogens with zero attached hydrogens (tertiary/aromatic N) is 2. The van der Waals surface area contributed by atoms with Gasteiger partial charge in [0, 0.05) is 36.9 Å². The molecule has 3 aromatic rings. The van der Waals surface area contributed by atoms with Crippen LogP contribution in [0.2, 0.25) is 0 Å². The maximum Gasteiger partial charge on any atom is 0.255 e. The number of carbonyl (C=O) groups is 1. The van der Waals surface area contributed by atoms with Crippen LogP contribution in [0.4, 0.5) is 5.69 Å². The molecule has 0 aliphatic carbocycles. The summed E-state index contributed by atoms with van der Waals surface area (Å²) in [7, 11) is 1.83. The summed E-state index contributed by atoms with van der Waals surface area (Å²) in [4.78, 5) is 19.2. The minimum atomic E-state index is -0.0186. The molecule has 1 aromatic heterocycles. The predicted octanol–water partition coefficient (Wildman–Crippen LogP) is 4.09. The molecule has 1 aliphatic heterocycles. The van der Waals surface area contributed by atoms with Gasteiger partial charge >= 0.3 is 0 Å². The highest BCUT2D eigenvalue weighted by Crippen LogP contribution is 2.25. The number of hydrogen-bond acceptors (Lipinski definition) is 4. The lowest BCUT2D eigenvalue weighted by Crippen LogP contribution is -2.35. The summed E-state index contributed by atoms with van der Waals surface area (Å²) in [6.45, 7) is 2.65. The van der Waals surface area contributed by atoms with Crippen LogP contribution in [-0.4, -0.2) is 42.0 Å². The average Bonchev–Trinajstić information content (AvgIpc) is 2.74. The lowest BCUT2D eigenvalue weighted by molar-refractivity contribution is 0.0785. The molecule has 0 atom stereocenters. The molecule has 0 saturated carbocycles. The summed E-state index contributed by atoms with van der Waals surface area (Å²) in [5.41, 5.74) is 3.68. The van der Waals surface area contributed by atoms with Crippen molar-refractivity contribution in [3.05, 3.63) is 71.9 Å². The third kappa shape index (κ3) is 5.05. The first-order valence-corrected chi connectivity index (χ1v) is 9.86. The summed E-state index contributed by atoms with van der Waals surface area (Å²) in [6, 6.07) is 18.5. The molecule has 0 radical (unpaired) electrons. The molecule has 2 N–H and O–H groups in total. The molecule has 0 unspecified atom stereocenters. The van der Waals surface area contributed by atoms with Gasteiger partial charge in [-0.15, -0.1) is 12.4 Å². The fourth-order valence-electron chi connectivity index (χ4n) is 3.73. The van der Waals surface area contributed by atoms with Gasteiger partial charge in [-0.2, -0.15) is 0 Å². The smallest absolute Gasteiger partial charge is 0.255 e. The molecule has 2 aromatic carbocycles. The minimum Gasteiger partial charge on any atom is -0.382 e. The Hall–Kier alpha value is -2.63. The zero-order valence-electron chi connectivity index (χ0n) is 16.6. The second-order valence-corrected chi connectivity index (χ2v) is 7.41. The number of hydrogen-bond donors (Lipinski definition) is 2. The van der Waals surface area contributed by atoms with E-state index in [-0.39, 0.29) is 18.3 Å². The molecule has 1 aliphatic rings. The van der Waals surface area contributed by atoms with Gasteiger partial charge in [0.15, 0.2) is 0 Å². The molecule has 6 heteroatoms. The van der Waals surface area contributed by atoms with Gasteiger partial charge in [-0.3, -0.25) is 9.78 Å². The van der Waals surface area contributed by atoms with Gasteiger partial charge in [-0.05, 0) is 49.7 Å². The van der Waals surface area contributed by atoms with E-state index < -0.39 is 0 Å². The van der Waals surface area contributed by atoms with Crippen molar-refractivity contribution >= 4 is 34.9 Å². The monoisotopic (exact) mass is 410 g/mol. The summed E-state index contributed by atoms with van der Waals surface area (Å²) in [5, 5.41) is 8.05. The van der Waals surface area contributed by atoms with E-state index >= 15 is 0 Å². The van der Waals surface area contributed by atoms with E-state index in [9.17, 15) is 4.79 Å². The molecule has 4 rings (SSSR count). The van der Waals surface area contributed by atoms with Crippen LogP contribution in [0.5, 0.6) is 0 Å². The number of pyridine rings is 1. The number of rotatable bonds is 5. The number of fused-ring (bicyclic) bond motifs is 1. The Morgan fingerprint density at radius 2 is 1.90 bits per heavy atom. The maximum absolute atomic E-state index is 13.0. The predicted molar refractivity (Wildman–Crippen MR) is 121 cm³/mol. The highest BCUT2D eigenvalue weighted by Gasteiger charge is 2.16. The number of aromatic nitrogens is 1. The van der Waals surface area contributed by atoms with Crippen molar-refractivity contribution < 1.29 is 4.79 Å². The number of amides is 1. The topological polar surface area (TPSA) is 57.3 Å². The summed E-state index contributed by atoms with van der Waals surface area (Å²) in [5.74, 6) is -0.0186. The number of benzene rings is 2. The van der Waals surface area contributed by atoms with Gasteiger partial charge in [0.1, 0.15) is 0 Å².